The van der Waals surface area contributed by atoms with Crippen LogP contribution in [0.3, 0.4) is 0 Å². The van der Waals surface area contributed by atoms with Crippen LogP contribution in [0.2, 0.25) is 10.0 Å². The average Bonchev–Trinajstić information content (AvgIpc) is 3.34. The third-order valence-electron chi connectivity index (χ3n) is 5.66. The standard InChI is InChI=1S/C27H24Cl2N6O5/c28-17-10-15(8-9-24(37)38)25(19(29)12-17)35-23(36)14-30-26(39)16-4-3-5-18(11-16)32-27(40)31-13-22-33-20-6-1-2-7-21(20)34-22/h1-7,10-12H,8-9,13-14H2,(H,30,39)(H,33,34)(H,35,36)(H,37,38)(H2,31,32,40). The quantitative estimate of drug-likeness (QED) is 0.160. The lowest BCUT2D eigenvalue weighted by Gasteiger charge is -2.14. The summed E-state index contributed by atoms with van der Waals surface area (Å²) in [5.74, 6) is -1.54. The van der Waals surface area contributed by atoms with Crippen molar-refractivity contribution in [2.24, 2.45) is 0 Å². The number of carbonyl (C=O) groups is 4. The highest BCUT2D eigenvalue weighted by Gasteiger charge is 2.15. The van der Waals surface area contributed by atoms with Crippen LogP contribution >= 0.6 is 23.2 Å². The fourth-order valence-corrected chi connectivity index (χ4v) is 4.40. The monoisotopic (exact) mass is 582 g/mol. The molecule has 40 heavy (non-hydrogen) atoms. The van der Waals surface area contributed by atoms with Crippen molar-refractivity contribution < 1.29 is 24.3 Å². The number of rotatable bonds is 10. The van der Waals surface area contributed by atoms with Crippen molar-refractivity contribution in [3.8, 4) is 0 Å². The first-order chi connectivity index (χ1) is 19.2. The SMILES string of the molecule is O=C(O)CCc1cc(Cl)cc(Cl)c1NC(=O)CNC(=O)c1cccc(NC(=O)NCc2nc3ccccc3[nH]2)c1. The molecule has 3 aromatic carbocycles. The molecule has 0 atom stereocenters. The van der Waals surface area contributed by atoms with E-state index >= 15 is 0 Å². The van der Waals surface area contributed by atoms with Crippen LogP contribution in [0.25, 0.3) is 11.0 Å². The smallest absolute Gasteiger partial charge is 0.319 e. The predicted octanol–water partition coefficient (Wildman–Crippen LogP) is 4.58. The number of fused-ring (bicyclic) bond motifs is 1. The van der Waals surface area contributed by atoms with Crippen LogP contribution in [0.1, 0.15) is 28.2 Å². The van der Waals surface area contributed by atoms with Gasteiger partial charge in [-0.05, 0) is 54.4 Å². The highest BCUT2D eigenvalue weighted by molar-refractivity contribution is 6.37. The Morgan fingerprint density at radius 3 is 2.50 bits per heavy atom. The number of urea groups is 1. The first-order valence-electron chi connectivity index (χ1n) is 12.0. The molecule has 4 rings (SSSR count). The predicted molar refractivity (Wildman–Crippen MR) is 152 cm³/mol. The van der Waals surface area contributed by atoms with Gasteiger partial charge >= 0.3 is 12.0 Å². The molecule has 0 saturated heterocycles. The van der Waals surface area contributed by atoms with Crippen LogP contribution in [0.5, 0.6) is 0 Å². The third-order valence-corrected chi connectivity index (χ3v) is 6.17. The molecule has 6 N–H and O–H groups in total. The van der Waals surface area contributed by atoms with Gasteiger partial charge in [-0.15, -0.1) is 0 Å². The lowest BCUT2D eigenvalue weighted by Crippen LogP contribution is -2.33. The van der Waals surface area contributed by atoms with Crippen molar-refractivity contribution in [1.29, 1.82) is 0 Å². The molecule has 0 fully saturated rings. The number of aliphatic carboxylic acids is 1. The summed E-state index contributed by atoms with van der Waals surface area (Å²) in [5, 5.41) is 19.9. The minimum absolute atomic E-state index is 0.100. The number of nitrogens with zero attached hydrogens (tertiary/aromatic N) is 1. The third kappa shape index (κ3) is 7.71. The maximum Gasteiger partial charge on any atom is 0.319 e. The number of carbonyl (C=O) groups excluding carboxylic acids is 3. The van der Waals surface area contributed by atoms with Crippen molar-refractivity contribution in [3.63, 3.8) is 0 Å². The summed E-state index contributed by atoms with van der Waals surface area (Å²) in [4.78, 5) is 56.0. The van der Waals surface area contributed by atoms with Gasteiger partial charge in [-0.2, -0.15) is 0 Å². The molecule has 0 spiro atoms. The molecule has 4 amide bonds. The Kier molecular flexibility index (Phi) is 9.20. The van der Waals surface area contributed by atoms with Crippen LogP contribution < -0.4 is 21.3 Å². The molecule has 206 valence electrons. The highest BCUT2D eigenvalue weighted by atomic mass is 35.5. The average molecular weight is 583 g/mol. The molecule has 0 aliphatic carbocycles. The summed E-state index contributed by atoms with van der Waals surface area (Å²) in [6, 6.07) is 16.2. The molecular weight excluding hydrogens is 559 g/mol. The number of hydrogen-bond donors (Lipinski definition) is 6. The normalized spacial score (nSPS) is 10.7. The minimum atomic E-state index is -1.01. The van der Waals surface area contributed by atoms with E-state index in [0.717, 1.165) is 11.0 Å². The highest BCUT2D eigenvalue weighted by Crippen LogP contribution is 2.31. The molecule has 13 heteroatoms. The van der Waals surface area contributed by atoms with E-state index in [1.807, 2.05) is 24.3 Å². The van der Waals surface area contributed by atoms with E-state index in [1.54, 1.807) is 12.1 Å². The van der Waals surface area contributed by atoms with Crippen LogP contribution in [0.4, 0.5) is 16.2 Å². The van der Waals surface area contributed by atoms with Gasteiger partial charge in [0.2, 0.25) is 5.91 Å². The van der Waals surface area contributed by atoms with Crippen molar-refractivity contribution in [3.05, 3.63) is 87.7 Å². The second kappa shape index (κ2) is 13.0. The number of nitrogens with one attached hydrogen (secondary N) is 5. The van der Waals surface area contributed by atoms with E-state index in [9.17, 15) is 19.2 Å². The number of aromatic nitrogens is 2. The summed E-state index contributed by atoms with van der Waals surface area (Å²) in [6.45, 7) is -0.211. The number of benzene rings is 3. The van der Waals surface area contributed by atoms with Gasteiger partial charge in [-0.3, -0.25) is 14.4 Å². The molecule has 0 unspecified atom stereocenters. The molecule has 4 aromatic rings. The molecule has 1 aromatic heterocycles. The van der Waals surface area contributed by atoms with Gasteiger partial charge in [0.1, 0.15) is 5.82 Å². The van der Waals surface area contributed by atoms with Crippen molar-refractivity contribution in [1.82, 2.24) is 20.6 Å². The van der Waals surface area contributed by atoms with E-state index in [-0.39, 0.29) is 42.2 Å². The second-order valence-corrected chi connectivity index (χ2v) is 9.48. The van der Waals surface area contributed by atoms with Crippen molar-refractivity contribution >= 4 is 69.4 Å². The van der Waals surface area contributed by atoms with Crippen molar-refractivity contribution in [2.75, 3.05) is 17.2 Å². The minimum Gasteiger partial charge on any atom is -0.481 e. The Bertz CT molecular complexity index is 1560. The number of anilines is 2. The molecule has 0 bridgehead atoms. The molecule has 11 nitrogen and oxygen atoms in total. The summed E-state index contributed by atoms with van der Waals surface area (Å²) < 4.78 is 0. The number of aromatic amines is 1. The zero-order valence-electron chi connectivity index (χ0n) is 20.9. The molecule has 0 saturated carbocycles. The lowest BCUT2D eigenvalue weighted by atomic mass is 10.1. The number of aryl methyl sites for hydroxylation is 1. The second-order valence-electron chi connectivity index (χ2n) is 8.64. The molecular formula is C27H24Cl2N6O5. The number of hydrogen-bond acceptors (Lipinski definition) is 5. The Morgan fingerprint density at radius 1 is 0.925 bits per heavy atom. The number of carboxylic acid groups (broad SMARTS) is 1. The summed E-state index contributed by atoms with van der Waals surface area (Å²) in [6.07, 6.45) is -0.0815. The summed E-state index contributed by atoms with van der Waals surface area (Å²) in [5.41, 5.74) is 2.93. The number of H-pyrrole nitrogens is 1. The molecule has 0 aliphatic heterocycles. The fraction of sp³-hybridized carbons (Fsp3) is 0.148. The number of carboxylic acids is 1. The van der Waals surface area contributed by atoms with Gasteiger partial charge in [0.15, 0.2) is 0 Å². The van der Waals surface area contributed by atoms with Crippen molar-refractivity contribution in [2.45, 2.75) is 19.4 Å². The molecule has 1 heterocycles. The van der Waals surface area contributed by atoms with Gasteiger partial charge in [-0.1, -0.05) is 41.4 Å². The van der Waals surface area contributed by atoms with E-state index in [4.69, 9.17) is 28.3 Å². The van der Waals surface area contributed by atoms with Gasteiger partial charge < -0.3 is 31.4 Å². The Morgan fingerprint density at radius 2 is 1.73 bits per heavy atom. The van der Waals surface area contributed by atoms with Crippen LogP contribution in [0, 0.1) is 0 Å². The lowest BCUT2D eigenvalue weighted by molar-refractivity contribution is -0.137. The van der Waals surface area contributed by atoms with Gasteiger partial charge in [-0.25, -0.2) is 9.78 Å². The van der Waals surface area contributed by atoms with Gasteiger partial charge in [0.05, 0.1) is 34.8 Å². The van der Waals surface area contributed by atoms with E-state index < -0.39 is 23.8 Å². The maximum atomic E-state index is 12.7. The van der Waals surface area contributed by atoms with E-state index in [1.165, 1.54) is 24.3 Å². The first kappa shape index (κ1) is 28.4. The van der Waals surface area contributed by atoms with Gasteiger partial charge in [0, 0.05) is 22.7 Å². The number of para-hydroxylation sites is 2. The number of amides is 4. The number of halogens is 2. The largest absolute Gasteiger partial charge is 0.481 e. The van der Waals surface area contributed by atoms with Crippen LogP contribution in [-0.4, -0.2) is 45.4 Å². The molecule has 0 aliphatic rings. The zero-order chi connectivity index (χ0) is 28.6. The Labute approximate surface area is 238 Å². The summed E-state index contributed by atoms with van der Waals surface area (Å²) in [7, 11) is 0. The Balaban J connectivity index is 1.30. The number of imidazole rings is 1. The van der Waals surface area contributed by atoms with Gasteiger partial charge in [0.25, 0.3) is 5.91 Å². The van der Waals surface area contributed by atoms with Crippen LogP contribution in [0.15, 0.2) is 60.7 Å². The van der Waals surface area contributed by atoms with E-state index in [2.05, 4.69) is 31.2 Å². The van der Waals surface area contributed by atoms with Crippen LogP contribution in [-0.2, 0) is 22.6 Å². The maximum absolute atomic E-state index is 12.7. The first-order valence-corrected chi connectivity index (χ1v) is 12.8. The molecule has 0 radical (unpaired) electrons. The Hall–Kier alpha value is -4.61. The van der Waals surface area contributed by atoms with E-state index in [0.29, 0.717) is 22.1 Å². The zero-order valence-corrected chi connectivity index (χ0v) is 22.4. The topological polar surface area (TPSA) is 165 Å². The fourth-order valence-electron chi connectivity index (χ4n) is 3.82. The summed E-state index contributed by atoms with van der Waals surface area (Å²) >= 11 is 12.2.